The first-order valence-corrected chi connectivity index (χ1v) is 7.47. The Balaban J connectivity index is 2.27. The number of esters is 1. The summed E-state index contributed by atoms with van der Waals surface area (Å²) in [5.74, 6) is -0.325. The maximum absolute atomic E-state index is 12.3. The molecule has 5 heteroatoms. The predicted molar refractivity (Wildman–Crippen MR) is 88.3 cm³/mol. The highest BCUT2D eigenvalue weighted by Gasteiger charge is 2.33. The molecule has 116 valence electrons. The largest absolute Gasteiger partial charge is 0.462 e. The topological polar surface area (TPSA) is 80.1 Å². The lowest BCUT2D eigenvalue weighted by atomic mass is 9.82. The van der Waals surface area contributed by atoms with Crippen molar-refractivity contribution in [3.8, 4) is 0 Å². The molecular weight excluding hydrogens is 278 g/mol. The highest BCUT2D eigenvalue weighted by Crippen LogP contribution is 2.38. The second-order valence-electron chi connectivity index (χ2n) is 6.22. The number of nitrogens with one attached hydrogen (secondary N) is 2. The minimum absolute atomic E-state index is 0.147. The lowest BCUT2D eigenvalue weighted by Crippen LogP contribution is -2.29. The standard InChI is InChI=1S/C17H21N3O2/c1-4-22-16(21)12-8-19-9-17(2,3)14-11-7-10(18)5-6-13(11)20-15(12)14/h5-8,19-20H,4,9,18H2,1-3H3. The Hall–Kier alpha value is -2.43. The van der Waals surface area contributed by atoms with Crippen LogP contribution in [0, 0.1) is 0 Å². The fourth-order valence-corrected chi connectivity index (χ4v) is 3.05. The Labute approximate surface area is 129 Å². The molecule has 1 aromatic carbocycles. The van der Waals surface area contributed by atoms with Crippen molar-refractivity contribution >= 4 is 28.1 Å². The number of carbonyl (C=O) groups excluding carboxylic acids is 1. The SMILES string of the molecule is CCOC(=O)C1=CNCC(C)(C)c2c1[nH]c1ccc(N)cc21. The Morgan fingerprint density at radius 3 is 2.91 bits per heavy atom. The lowest BCUT2D eigenvalue weighted by Gasteiger charge is -2.24. The van der Waals surface area contributed by atoms with Gasteiger partial charge < -0.3 is 20.8 Å². The van der Waals surface area contributed by atoms with E-state index in [4.69, 9.17) is 10.5 Å². The van der Waals surface area contributed by atoms with Crippen LogP contribution in [-0.2, 0) is 14.9 Å². The van der Waals surface area contributed by atoms with Crippen molar-refractivity contribution in [1.82, 2.24) is 10.3 Å². The number of anilines is 1. The van der Waals surface area contributed by atoms with Crippen LogP contribution in [-0.4, -0.2) is 24.1 Å². The zero-order chi connectivity index (χ0) is 15.9. The average molecular weight is 299 g/mol. The van der Waals surface area contributed by atoms with Crippen LogP contribution in [0.2, 0.25) is 0 Å². The number of H-pyrrole nitrogens is 1. The van der Waals surface area contributed by atoms with Gasteiger partial charge in [0, 0.05) is 34.8 Å². The van der Waals surface area contributed by atoms with Crippen molar-refractivity contribution in [3.63, 3.8) is 0 Å². The molecule has 4 N–H and O–H groups in total. The highest BCUT2D eigenvalue weighted by molar-refractivity contribution is 6.18. The van der Waals surface area contributed by atoms with E-state index in [0.29, 0.717) is 17.9 Å². The summed E-state index contributed by atoms with van der Waals surface area (Å²) in [5.41, 5.74) is 9.93. The van der Waals surface area contributed by atoms with E-state index in [1.165, 1.54) is 0 Å². The molecule has 0 saturated carbocycles. The van der Waals surface area contributed by atoms with Crippen LogP contribution in [0.25, 0.3) is 16.5 Å². The van der Waals surface area contributed by atoms with Crippen molar-refractivity contribution in [2.24, 2.45) is 0 Å². The van der Waals surface area contributed by atoms with Gasteiger partial charge in [0.05, 0.1) is 17.9 Å². The number of rotatable bonds is 2. The van der Waals surface area contributed by atoms with Gasteiger partial charge in [0.1, 0.15) is 0 Å². The molecule has 1 aliphatic heterocycles. The molecule has 0 atom stereocenters. The quantitative estimate of drug-likeness (QED) is 0.588. The molecule has 2 heterocycles. The van der Waals surface area contributed by atoms with Gasteiger partial charge in [0.15, 0.2) is 0 Å². The van der Waals surface area contributed by atoms with Gasteiger partial charge in [0.2, 0.25) is 0 Å². The van der Waals surface area contributed by atoms with E-state index in [1.54, 1.807) is 13.1 Å². The molecule has 0 spiro atoms. The maximum Gasteiger partial charge on any atom is 0.341 e. The van der Waals surface area contributed by atoms with Gasteiger partial charge in [-0.25, -0.2) is 4.79 Å². The average Bonchev–Trinajstić information content (AvgIpc) is 2.76. The number of fused-ring (bicyclic) bond motifs is 3. The third-order valence-corrected chi connectivity index (χ3v) is 4.05. The first kappa shape index (κ1) is 14.5. The fourth-order valence-electron chi connectivity index (χ4n) is 3.05. The van der Waals surface area contributed by atoms with Gasteiger partial charge in [-0.15, -0.1) is 0 Å². The molecule has 5 nitrogen and oxygen atoms in total. The molecule has 0 unspecified atom stereocenters. The first-order chi connectivity index (χ1) is 10.4. The number of ether oxygens (including phenoxy) is 1. The summed E-state index contributed by atoms with van der Waals surface area (Å²) < 4.78 is 5.19. The number of aromatic amines is 1. The van der Waals surface area contributed by atoms with Gasteiger partial charge >= 0.3 is 5.97 Å². The minimum atomic E-state index is -0.325. The van der Waals surface area contributed by atoms with Crippen molar-refractivity contribution in [1.29, 1.82) is 0 Å². The number of nitrogens with two attached hydrogens (primary N) is 1. The minimum Gasteiger partial charge on any atom is -0.462 e. The van der Waals surface area contributed by atoms with Crippen LogP contribution in [0.5, 0.6) is 0 Å². The zero-order valence-corrected chi connectivity index (χ0v) is 13.1. The molecular formula is C17H21N3O2. The van der Waals surface area contributed by atoms with Gasteiger partial charge in [-0.2, -0.15) is 0 Å². The van der Waals surface area contributed by atoms with Gasteiger partial charge in [0.25, 0.3) is 0 Å². The van der Waals surface area contributed by atoms with E-state index in [0.717, 1.165) is 28.7 Å². The van der Waals surface area contributed by atoms with E-state index in [2.05, 4.69) is 24.1 Å². The van der Waals surface area contributed by atoms with E-state index in [1.807, 2.05) is 18.2 Å². The molecule has 1 aromatic heterocycles. The molecule has 3 rings (SSSR count). The summed E-state index contributed by atoms with van der Waals surface area (Å²) in [6.07, 6.45) is 1.74. The lowest BCUT2D eigenvalue weighted by molar-refractivity contribution is -0.136. The smallest absolute Gasteiger partial charge is 0.341 e. The number of nitrogen functional groups attached to an aromatic ring is 1. The molecule has 0 aliphatic carbocycles. The third kappa shape index (κ3) is 2.22. The van der Waals surface area contributed by atoms with E-state index < -0.39 is 0 Å². The Kier molecular flexibility index (Phi) is 3.35. The number of aromatic nitrogens is 1. The molecule has 2 aromatic rings. The number of hydrogen-bond acceptors (Lipinski definition) is 4. The number of carbonyl (C=O) groups is 1. The van der Waals surface area contributed by atoms with Crippen molar-refractivity contribution in [3.05, 3.63) is 35.7 Å². The molecule has 0 saturated heterocycles. The third-order valence-electron chi connectivity index (χ3n) is 4.05. The van der Waals surface area contributed by atoms with Crippen molar-refractivity contribution in [2.75, 3.05) is 18.9 Å². The van der Waals surface area contributed by atoms with E-state index in [-0.39, 0.29) is 11.4 Å². The van der Waals surface area contributed by atoms with Crippen LogP contribution in [0.1, 0.15) is 32.0 Å². The van der Waals surface area contributed by atoms with Gasteiger partial charge in [-0.3, -0.25) is 0 Å². The van der Waals surface area contributed by atoms with Crippen LogP contribution in [0.4, 0.5) is 5.69 Å². The highest BCUT2D eigenvalue weighted by atomic mass is 16.5. The van der Waals surface area contributed by atoms with Gasteiger partial charge in [-0.05, 0) is 30.7 Å². The summed E-state index contributed by atoms with van der Waals surface area (Å²) in [6, 6.07) is 5.77. The van der Waals surface area contributed by atoms with Crippen molar-refractivity contribution < 1.29 is 9.53 Å². The molecule has 1 aliphatic rings. The van der Waals surface area contributed by atoms with Crippen molar-refractivity contribution in [2.45, 2.75) is 26.2 Å². The second-order valence-corrected chi connectivity index (χ2v) is 6.22. The monoisotopic (exact) mass is 299 g/mol. The maximum atomic E-state index is 12.3. The molecule has 0 amide bonds. The summed E-state index contributed by atoms with van der Waals surface area (Å²) in [7, 11) is 0. The van der Waals surface area contributed by atoms with Crippen LogP contribution in [0.3, 0.4) is 0 Å². The number of hydrogen-bond donors (Lipinski definition) is 3. The van der Waals surface area contributed by atoms with Gasteiger partial charge in [-0.1, -0.05) is 13.8 Å². The van der Waals surface area contributed by atoms with E-state index >= 15 is 0 Å². The van der Waals surface area contributed by atoms with Crippen LogP contribution >= 0.6 is 0 Å². The first-order valence-electron chi connectivity index (χ1n) is 7.47. The molecule has 0 radical (unpaired) electrons. The fraction of sp³-hybridized carbons (Fsp3) is 0.353. The molecule has 0 bridgehead atoms. The summed E-state index contributed by atoms with van der Waals surface area (Å²) in [6.45, 7) is 7.18. The second kappa shape index (κ2) is 5.09. The van der Waals surface area contributed by atoms with Crippen LogP contribution in [0.15, 0.2) is 24.4 Å². The zero-order valence-electron chi connectivity index (χ0n) is 13.1. The Morgan fingerprint density at radius 2 is 2.18 bits per heavy atom. The summed E-state index contributed by atoms with van der Waals surface area (Å²) in [4.78, 5) is 15.7. The van der Waals surface area contributed by atoms with Crippen LogP contribution < -0.4 is 11.1 Å². The molecule has 22 heavy (non-hydrogen) atoms. The molecule has 0 fully saturated rings. The normalized spacial score (nSPS) is 16.4. The Morgan fingerprint density at radius 1 is 1.41 bits per heavy atom. The van der Waals surface area contributed by atoms with E-state index in [9.17, 15) is 4.79 Å². The predicted octanol–water partition coefficient (Wildman–Crippen LogP) is 2.53. The number of benzene rings is 1. The summed E-state index contributed by atoms with van der Waals surface area (Å²) in [5, 5.41) is 4.28. The Bertz CT molecular complexity index is 772. The summed E-state index contributed by atoms with van der Waals surface area (Å²) >= 11 is 0.